The van der Waals surface area contributed by atoms with Crippen molar-refractivity contribution in [3.8, 4) is 0 Å². The summed E-state index contributed by atoms with van der Waals surface area (Å²) in [6, 6.07) is 18.2. The highest BCUT2D eigenvalue weighted by Gasteiger charge is 2.46. The van der Waals surface area contributed by atoms with Gasteiger partial charge in [0, 0.05) is 6.42 Å². The molecule has 1 saturated heterocycles. The Morgan fingerprint density at radius 1 is 0.792 bits per heavy atom. The van der Waals surface area contributed by atoms with Gasteiger partial charge in [-0.2, -0.15) is 0 Å². The fourth-order valence-electron chi connectivity index (χ4n) is 2.87. The van der Waals surface area contributed by atoms with E-state index in [0.29, 0.717) is 30.6 Å². The first-order valence-corrected chi connectivity index (χ1v) is 7.95. The van der Waals surface area contributed by atoms with Gasteiger partial charge in [0.15, 0.2) is 0 Å². The zero-order chi connectivity index (χ0) is 16.9. The number of benzene rings is 2. The molecule has 0 bridgehead atoms. The minimum absolute atomic E-state index is 0.249. The molecular formula is C19H18N2O3. The number of carbonyl (C=O) groups excluding carboxylic acids is 3. The predicted octanol–water partition coefficient (Wildman–Crippen LogP) is 2.97. The van der Waals surface area contributed by atoms with E-state index in [-0.39, 0.29) is 11.8 Å². The number of carbonyl (C=O) groups is 3. The van der Waals surface area contributed by atoms with E-state index in [2.05, 4.69) is 0 Å². The Labute approximate surface area is 140 Å². The van der Waals surface area contributed by atoms with Gasteiger partial charge in [0.25, 0.3) is 11.8 Å². The lowest BCUT2D eigenvalue weighted by Gasteiger charge is -2.27. The van der Waals surface area contributed by atoms with Gasteiger partial charge in [-0.05, 0) is 37.1 Å². The van der Waals surface area contributed by atoms with E-state index < -0.39 is 5.92 Å². The monoisotopic (exact) mass is 322 g/mol. The fraction of sp³-hybridized carbons (Fsp3) is 0.211. The predicted molar refractivity (Wildman–Crippen MR) is 91.3 cm³/mol. The Morgan fingerprint density at radius 3 is 1.67 bits per heavy atom. The number of aldehydes is 1. The van der Waals surface area contributed by atoms with E-state index in [1.165, 1.54) is 10.0 Å². The third kappa shape index (κ3) is 2.93. The summed E-state index contributed by atoms with van der Waals surface area (Å²) >= 11 is 0. The number of anilines is 2. The summed E-state index contributed by atoms with van der Waals surface area (Å²) in [6.07, 6.45) is 2.07. The number of hydrazine groups is 1. The van der Waals surface area contributed by atoms with Crippen LogP contribution in [0.5, 0.6) is 0 Å². The summed E-state index contributed by atoms with van der Waals surface area (Å²) in [4.78, 5) is 36.3. The van der Waals surface area contributed by atoms with Crippen molar-refractivity contribution in [1.82, 2.24) is 0 Å². The molecule has 24 heavy (non-hydrogen) atoms. The molecule has 2 aromatic carbocycles. The number of nitrogens with zero attached hydrogens (tertiary/aromatic N) is 2. The SMILES string of the molecule is O=CCCCC1C(=O)N(c2ccccc2)N(c2ccccc2)C1=O. The van der Waals surface area contributed by atoms with Crippen LogP contribution in [0.4, 0.5) is 11.4 Å². The lowest BCUT2D eigenvalue weighted by atomic mass is 10.0. The number of amides is 2. The standard InChI is InChI=1S/C19H18N2O3/c22-14-8-7-13-17-18(23)20(15-9-3-1-4-10-15)21(19(17)24)16-11-5-2-6-12-16/h1-6,9-12,14,17H,7-8,13H2. The van der Waals surface area contributed by atoms with Gasteiger partial charge >= 0.3 is 0 Å². The van der Waals surface area contributed by atoms with Crippen molar-refractivity contribution in [3.63, 3.8) is 0 Å². The summed E-state index contributed by atoms with van der Waals surface area (Å²) in [7, 11) is 0. The molecular weight excluding hydrogens is 304 g/mol. The zero-order valence-corrected chi connectivity index (χ0v) is 13.2. The number of para-hydroxylation sites is 2. The van der Waals surface area contributed by atoms with Crippen LogP contribution in [-0.4, -0.2) is 18.1 Å². The van der Waals surface area contributed by atoms with Crippen LogP contribution in [0, 0.1) is 5.92 Å². The lowest BCUT2D eigenvalue weighted by Crippen LogP contribution is -2.41. The zero-order valence-electron chi connectivity index (χ0n) is 13.2. The molecule has 5 nitrogen and oxygen atoms in total. The van der Waals surface area contributed by atoms with Gasteiger partial charge < -0.3 is 4.79 Å². The van der Waals surface area contributed by atoms with Crippen molar-refractivity contribution in [1.29, 1.82) is 0 Å². The van der Waals surface area contributed by atoms with Crippen LogP contribution in [-0.2, 0) is 14.4 Å². The highest BCUT2D eigenvalue weighted by Crippen LogP contribution is 2.33. The van der Waals surface area contributed by atoms with Crippen LogP contribution < -0.4 is 10.0 Å². The minimum Gasteiger partial charge on any atom is -0.303 e. The second-order valence-electron chi connectivity index (χ2n) is 5.62. The minimum atomic E-state index is -0.745. The average molecular weight is 322 g/mol. The molecule has 0 aromatic heterocycles. The molecule has 0 unspecified atom stereocenters. The maximum absolute atomic E-state index is 12.9. The number of rotatable bonds is 6. The summed E-state index contributed by atoms with van der Waals surface area (Å²) in [5.74, 6) is -1.24. The number of hydrogen-bond acceptors (Lipinski definition) is 3. The Hall–Kier alpha value is -2.95. The molecule has 1 aliphatic rings. The number of unbranched alkanes of at least 4 members (excludes halogenated alkanes) is 1. The smallest absolute Gasteiger partial charge is 0.258 e. The van der Waals surface area contributed by atoms with E-state index in [1.54, 1.807) is 24.3 Å². The Morgan fingerprint density at radius 2 is 1.25 bits per heavy atom. The maximum Gasteiger partial charge on any atom is 0.258 e. The normalized spacial score (nSPS) is 15.2. The molecule has 5 heteroatoms. The molecule has 0 spiro atoms. The molecule has 0 atom stereocenters. The lowest BCUT2D eigenvalue weighted by molar-refractivity contribution is -0.127. The van der Waals surface area contributed by atoms with E-state index >= 15 is 0 Å². The summed E-state index contributed by atoms with van der Waals surface area (Å²) in [5.41, 5.74) is 1.30. The summed E-state index contributed by atoms with van der Waals surface area (Å²) in [6.45, 7) is 0. The van der Waals surface area contributed by atoms with Gasteiger partial charge in [0.05, 0.1) is 11.4 Å². The van der Waals surface area contributed by atoms with Gasteiger partial charge in [-0.1, -0.05) is 36.4 Å². The van der Waals surface area contributed by atoms with E-state index in [1.807, 2.05) is 36.4 Å². The van der Waals surface area contributed by atoms with Crippen LogP contribution >= 0.6 is 0 Å². The molecule has 0 aliphatic carbocycles. The summed E-state index contributed by atoms with van der Waals surface area (Å²) < 4.78 is 0. The molecule has 0 saturated carbocycles. The highest BCUT2D eigenvalue weighted by molar-refractivity contribution is 6.22. The Bertz CT molecular complexity index is 673. The fourth-order valence-corrected chi connectivity index (χ4v) is 2.87. The third-order valence-corrected chi connectivity index (χ3v) is 4.03. The first kappa shape index (κ1) is 15.9. The second kappa shape index (κ2) is 7.08. The first-order chi connectivity index (χ1) is 11.7. The second-order valence-corrected chi connectivity index (χ2v) is 5.62. The van der Waals surface area contributed by atoms with Gasteiger partial charge in [-0.15, -0.1) is 0 Å². The molecule has 1 heterocycles. The first-order valence-electron chi connectivity index (χ1n) is 7.95. The van der Waals surface area contributed by atoms with Crippen LogP contribution in [0.3, 0.4) is 0 Å². The van der Waals surface area contributed by atoms with Gasteiger partial charge in [0.2, 0.25) is 0 Å². The van der Waals surface area contributed by atoms with Gasteiger partial charge in [-0.25, -0.2) is 10.0 Å². The van der Waals surface area contributed by atoms with Gasteiger partial charge in [0.1, 0.15) is 12.2 Å². The molecule has 1 aliphatic heterocycles. The molecule has 2 amide bonds. The average Bonchev–Trinajstić information content (AvgIpc) is 2.88. The van der Waals surface area contributed by atoms with Crippen LogP contribution in [0.15, 0.2) is 60.7 Å². The Kier molecular flexibility index (Phi) is 4.70. The van der Waals surface area contributed by atoms with E-state index in [9.17, 15) is 14.4 Å². The van der Waals surface area contributed by atoms with Crippen molar-refractivity contribution < 1.29 is 14.4 Å². The third-order valence-electron chi connectivity index (χ3n) is 4.03. The molecule has 2 aromatic rings. The van der Waals surface area contributed by atoms with Crippen LogP contribution in [0.2, 0.25) is 0 Å². The van der Waals surface area contributed by atoms with Crippen molar-refractivity contribution in [3.05, 3.63) is 60.7 Å². The van der Waals surface area contributed by atoms with Crippen molar-refractivity contribution >= 4 is 29.5 Å². The molecule has 1 fully saturated rings. The summed E-state index contributed by atoms with van der Waals surface area (Å²) in [5, 5.41) is 2.87. The van der Waals surface area contributed by atoms with Crippen molar-refractivity contribution in [2.24, 2.45) is 5.92 Å². The Balaban J connectivity index is 1.98. The maximum atomic E-state index is 12.9. The molecule has 3 rings (SSSR count). The highest BCUT2D eigenvalue weighted by atomic mass is 16.2. The van der Waals surface area contributed by atoms with Crippen LogP contribution in [0.1, 0.15) is 19.3 Å². The van der Waals surface area contributed by atoms with Crippen LogP contribution in [0.25, 0.3) is 0 Å². The molecule has 0 N–H and O–H groups in total. The molecule has 122 valence electrons. The quantitative estimate of drug-likeness (QED) is 0.467. The largest absolute Gasteiger partial charge is 0.303 e. The number of hydrogen-bond donors (Lipinski definition) is 0. The molecule has 0 radical (unpaired) electrons. The van der Waals surface area contributed by atoms with E-state index in [4.69, 9.17) is 0 Å². The van der Waals surface area contributed by atoms with Crippen molar-refractivity contribution in [2.75, 3.05) is 10.0 Å². The van der Waals surface area contributed by atoms with Gasteiger partial charge in [-0.3, -0.25) is 9.59 Å². The van der Waals surface area contributed by atoms with E-state index in [0.717, 1.165) is 6.29 Å². The van der Waals surface area contributed by atoms with Crippen molar-refractivity contribution in [2.45, 2.75) is 19.3 Å². The topological polar surface area (TPSA) is 57.7 Å².